The molecule has 4 rings (SSSR count). The van der Waals surface area contributed by atoms with E-state index >= 15 is 0 Å². The van der Waals surface area contributed by atoms with Gasteiger partial charge in [-0.1, -0.05) is 18.2 Å². The molecular weight excluding hydrogens is 328 g/mol. The summed E-state index contributed by atoms with van der Waals surface area (Å²) in [6, 6.07) is 7.80. The van der Waals surface area contributed by atoms with Gasteiger partial charge in [-0.05, 0) is 62.7 Å². The molecule has 2 aliphatic heterocycles. The van der Waals surface area contributed by atoms with Crippen molar-refractivity contribution in [3.05, 3.63) is 35.6 Å². The average Bonchev–Trinajstić information content (AvgIpc) is 3.31. The van der Waals surface area contributed by atoms with Gasteiger partial charge in [0.2, 0.25) is 0 Å². The number of piperidine rings is 1. The number of aryl methyl sites for hydroxylation is 1. The molecule has 5 nitrogen and oxygen atoms in total. The van der Waals surface area contributed by atoms with Crippen LogP contribution >= 0.6 is 0 Å². The molecule has 0 spiro atoms. The molecule has 0 saturated carbocycles. The van der Waals surface area contributed by atoms with Gasteiger partial charge in [-0.3, -0.25) is 4.79 Å². The Balaban J connectivity index is 1.51. The number of para-hydroxylation sites is 1. The number of benzene rings is 1. The monoisotopic (exact) mass is 356 g/mol. The first-order valence-corrected chi connectivity index (χ1v) is 9.75. The molecule has 2 aliphatic rings. The van der Waals surface area contributed by atoms with Crippen LogP contribution in [0.2, 0.25) is 0 Å². The van der Waals surface area contributed by atoms with E-state index in [2.05, 4.69) is 4.90 Å². The smallest absolute Gasteiger partial charge is 0.289 e. The molecule has 2 aromatic rings. The number of rotatable bonds is 4. The fourth-order valence-corrected chi connectivity index (χ4v) is 4.55. The molecule has 1 amide bonds. The van der Waals surface area contributed by atoms with Crippen LogP contribution in [-0.4, -0.2) is 60.1 Å². The summed E-state index contributed by atoms with van der Waals surface area (Å²) in [7, 11) is 0. The summed E-state index contributed by atoms with van der Waals surface area (Å²) in [4.78, 5) is 17.4. The van der Waals surface area contributed by atoms with Crippen LogP contribution in [0.25, 0.3) is 11.0 Å². The molecular formula is C21H28N2O3. The second-order valence-corrected chi connectivity index (χ2v) is 7.97. The molecule has 1 N–H and O–H groups in total. The Kier molecular flexibility index (Phi) is 5.00. The lowest BCUT2D eigenvalue weighted by atomic mass is 9.89. The van der Waals surface area contributed by atoms with Gasteiger partial charge in [-0.25, -0.2) is 0 Å². The maximum Gasteiger partial charge on any atom is 0.289 e. The number of hydrogen-bond donors (Lipinski definition) is 1. The van der Waals surface area contributed by atoms with Crippen LogP contribution in [0, 0.1) is 18.8 Å². The van der Waals surface area contributed by atoms with Crippen molar-refractivity contribution in [2.45, 2.75) is 26.2 Å². The second kappa shape index (κ2) is 7.41. The van der Waals surface area contributed by atoms with Crippen molar-refractivity contribution in [1.82, 2.24) is 9.80 Å². The molecule has 0 bridgehead atoms. The lowest BCUT2D eigenvalue weighted by Crippen LogP contribution is -2.47. The Hall–Kier alpha value is -1.85. The van der Waals surface area contributed by atoms with Crippen molar-refractivity contribution in [3.63, 3.8) is 0 Å². The molecule has 0 radical (unpaired) electrons. The van der Waals surface area contributed by atoms with Gasteiger partial charge in [0.15, 0.2) is 5.76 Å². The molecule has 5 heteroatoms. The number of aliphatic hydroxyl groups excluding tert-OH is 1. The first-order valence-electron chi connectivity index (χ1n) is 9.75. The van der Waals surface area contributed by atoms with E-state index in [1.165, 1.54) is 12.8 Å². The minimum atomic E-state index is -0.0508. The number of fused-ring (bicyclic) bond motifs is 1. The van der Waals surface area contributed by atoms with Gasteiger partial charge in [-0.15, -0.1) is 0 Å². The Labute approximate surface area is 154 Å². The van der Waals surface area contributed by atoms with Crippen LogP contribution in [0.15, 0.2) is 28.7 Å². The molecule has 0 unspecified atom stereocenters. The van der Waals surface area contributed by atoms with Crippen molar-refractivity contribution < 1.29 is 14.3 Å². The van der Waals surface area contributed by atoms with Crippen LogP contribution < -0.4 is 0 Å². The van der Waals surface area contributed by atoms with Gasteiger partial charge >= 0.3 is 0 Å². The van der Waals surface area contributed by atoms with Gasteiger partial charge < -0.3 is 19.3 Å². The average molecular weight is 356 g/mol. The number of furan rings is 1. The molecule has 0 aliphatic carbocycles. The molecule has 1 aromatic heterocycles. The molecule has 2 atom stereocenters. The predicted molar refractivity (Wildman–Crippen MR) is 101 cm³/mol. The number of hydrogen-bond acceptors (Lipinski definition) is 4. The highest BCUT2D eigenvalue weighted by atomic mass is 16.3. The minimum absolute atomic E-state index is 0.0508. The van der Waals surface area contributed by atoms with Gasteiger partial charge in [0.1, 0.15) is 5.58 Å². The first kappa shape index (κ1) is 17.6. The van der Waals surface area contributed by atoms with Crippen LogP contribution in [-0.2, 0) is 0 Å². The zero-order valence-electron chi connectivity index (χ0n) is 15.5. The maximum absolute atomic E-state index is 13.1. The highest BCUT2D eigenvalue weighted by Gasteiger charge is 2.32. The Bertz CT molecular complexity index is 779. The van der Waals surface area contributed by atoms with E-state index in [-0.39, 0.29) is 18.4 Å². The van der Waals surface area contributed by atoms with E-state index in [0.717, 1.165) is 49.1 Å². The number of nitrogens with zero attached hydrogens (tertiary/aromatic N) is 2. The summed E-state index contributed by atoms with van der Waals surface area (Å²) in [6.07, 6.45) is 3.55. The van der Waals surface area contributed by atoms with Crippen molar-refractivity contribution in [1.29, 1.82) is 0 Å². The van der Waals surface area contributed by atoms with Crippen molar-refractivity contribution in [3.8, 4) is 0 Å². The first-order chi connectivity index (χ1) is 12.6. The van der Waals surface area contributed by atoms with Crippen LogP contribution in [0.5, 0.6) is 0 Å². The SMILES string of the molecule is Cc1cccc2cc(C(=O)N3C[C@H](CO)C[C@H](CN4CCCC4)C3)oc12. The molecule has 1 aromatic carbocycles. The quantitative estimate of drug-likeness (QED) is 0.915. The summed E-state index contributed by atoms with van der Waals surface area (Å²) in [5, 5.41) is 10.7. The molecule has 2 saturated heterocycles. The Morgan fingerprint density at radius 2 is 2.00 bits per heavy atom. The molecule has 2 fully saturated rings. The third-order valence-corrected chi connectivity index (χ3v) is 5.84. The second-order valence-electron chi connectivity index (χ2n) is 7.97. The van der Waals surface area contributed by atoms with Gasteiger partial charge in [-0.2, -0.15) is 0 Å². The van der Waals surface area contributed by atoms with E-state index in [4.69, 9.17) is 4.42 Å². The van der Waals surface area contributed by atoms with E-state index in [9.17, 15) is 9.90 Å². The number of carbonyl (C=O) groups is 1. The molecule has 26 heavy (non-hydrogen) atoms. The standard InChI is InChI=1S/C21H28N2O3/c1-15-5-4-6-18-10-19(26-20(15)18)21(25)23-12-16(9-17(13-23)14-24)11-22-7-2-3-8-22/h4-6,10,16-17,24H,2-3,7-9,11-14H2,1H3/t16-,17-/m1/s1. The predicted octanol–water partition coefficient (Wildman–Crippen LogP) is 2.91. The topological polar surface area (TPSA) is 56.9 Å². The normalized spacial score (nSPS) is 24.5. The maximum atomic E-state index is 13.1. The van der Waals surface area contributed by atoms with Crippen molar-refractivity contribution >= 4 is 16.9 Å². The van der Waals surface area contributed by atoms with Gasteiger partial charge in [0, 0.05) is 31.6 Å². The van der Waals surface area contributed by atoms with Crippen molar-refractivity contribution in [2.24, 2.45) is 11.8 Å². The van der Waals surface area contributed by atoms with Crippen molar-refractivity contribution in [2.75, 3.05) is 39.3 Å². The zero-order valence-corrected chi connectivity index (χ0v) is 15.5. The lowest BCUT2D eigenvalue weighted by Gasteiger charge is -2.38. The lowest BCUT2D eigenvalue weighted by molar-refractivity contribution is 0.0441. The van der Waals surface area contributed by atoms with Gasteiger partial charge in [0.05, 0.1) is 0 Å². The molecule has 3 heterocycles. The van der Waals surface area contributed by atoms with E-state index in [1.54, 1.807) is 0 Å². The fourth-order valence-electron chi connectivity index (χ4n) is 4.55. The van der Waals surface area contributed by atoms with E-state index in [0.29, 0.717) is 18.2 Å². The van der Waals surface area contributed by atoms with Crippen LogP contribution in [0.1, 0.15) is 35.4 Å². The zero-order chi connectivity index (χ0) is 18.1. The Morgan fingerprint density at radius 3 is 2.73 bits per heavy atom. The summed E-state index contributed by atoms with van der Waals surface area (Å²) < 4.78 is 5.89. The highest BCUT2D eigenvalue weighted by Crippen LogP contribution is 2.28. The number of likely N-dealkylation sites (tertiary alicyclic amines) is 2. The third kappa shape index (κ3) is 3.51. The van der Waals surface area contributed by atoms with E-state index < -0.39 is 0 Å². The summed E-state index contributed by atoms with van der Waals surface area (Å²) in [6.45, 7) is 6.85. The largest absolute Gasteiger partial charge is 0.451 e. The highest BCUT2D eigenvalue weighted by molar-refractivity contribution is 5.96. The van der Waals surface area contributed by atoms with E-state index in [1.807, 2.05) is 36.1 Å². The van der Waals surface area contributed by atoms with Gasteiger partial charge in [0.25, 0.3) is 5.91 Å². The number of aliphatic hydroxyl groups is 1. The molecule has 140 valence electrons. The number of amides is 1. The summed E-state index contributed by atoms with van der Waals surface area (Å²) in [5.41, 5.74) is 1.83. The minimum Gasteiger partial charge on any atom is -0.451 e. The van der Waals surface area contributed by atoms with Crippen LogP contribution in [0.3, 0.4) is 0 Å². The number of carbonyl (C=O) groups excluding carboxylic acids is 1. The Morgan fingerprint density at radius 1 is 1.23 bits per heavy atom. The third-order valence-electron chi connectivity index (χ3n) is 5.84. The summed E-state index contributed by atoms with van der Waals surface area (Å²) in [5.74, 6) is 0.943. The van der Waals surface area contributed by atoms with Crippen LogP contribution in [0.4, 0.5) is 0 Å². The summed E-state index contributed by atoms with van der Waals surface area (Å²) >= 11 is 0. The fraction of sp³-hybridized carbons (Fsp3) is 0.571.